The van der Waals surface area contributed by atoms with Crippen LogP contribution in [-0.4, -0.2) is 18.8 Å². The molecule has 0 saturated heterocycles. The standard InChI is InChI=1S/C12H14BrClN2O/c1-8(17-3)12(2,7-15)16-9-4-5-11(14)10(13)6-9/h4-6,8,16H,1-3H3. The van der Waals surface area contributed by atoms with Crippen molar-refractivity contribution in [3.8, 4) is 6.07 Å². The molecule has 0 amide bonds. The van der Waals surface area contributed by atoms with Crippen molar-refractivity contribution >= 4 is 33.2 Å². The molecule has 0 aliphatic carbocycles. The smallest absolute Gasteiger partial charge is 0.148 e. The highest BCUT2D eigenvalue weighted by Gasteiger charge is 2.31. The number of nitrogens with zero attached hydrogens (tertiary/aromatic N) is 1. The molecule has 0 spiro atoms. The molecule has 2 atom stereocenters. The summed E-state index contributed by atoms with van der Waals surface area (Å²) >= 11 is 9.25. The highest BCUT2D eigenvalue weighted by molar-refractivity contribution is 9.10. The van der Waals surface area contributed by atoms with E-state index in [4.69, 9.17) is 16.3 Å². The van der Waals surface area contributed by atoms with Crippen LogP contribution in [-0.2, 0) is 4.74 Å². The number of methoxy groups -OCH3 is 1. The number of nitrogens with one attached hydrogen (secondary N) is 1. The van der Waals surface area contributed by atoms with Gasteiger partial charge in [0.05, 0.1) is 17.2 Å². The maximum absolute atomic E-state index is 9.24. The van der Waals surface area contributed by atoms with Crippen LogP contribution < -0.4 is 5.32 Å². The average Bonchev–Trinajstić information content (AvgIpc) is 2.32. The molecule has 1 aromatic rings. The van der Waals surface area contributed by atoms with Gasteiger partial charge in [-0.1, -0.05) is 11.6 Å². The highest BCUT2D eigenvalue weighted by Crippen LogP contribution is 2.28. The van der Waals surface area contributed by atoms with Crippen molar-refractivity contribution in [2.45, 2.75) is 25.5 Å². The van der Waals surface area contributed by atoms with Crippen molar-refractivity contribution in [3.63, 3.8) is 0 Å². The second kappa shape index (κ2) is 5.72. The number of rotatable bonds is 4. The molecule has 0 radical (unpaired) electrons. The van der Waals surface area contributed by atoms with E-state index in [1.807, 2.05) is 19.1 Å². The molecule has 5 heteroatoms. The molecular weight excluding hydrogens is 304 g/mol. The summed E-state index contributed by atoms with van der Waals surface area (Å²) in [6.07, 6.45) is -0.234. The molecule has 0 heterocycles. The van der Waals surface area contributed by atoms with Gasteiger partial charge in [0.2, 0.25) is 0 Å². The first-order valence-corrected chi connectivity index (χ1v) is 6.27. The Bertz CT molecular complexity index is 447. The van der Waals surface area contributed by atoms with Crippen LogP contribution in [0.15, 0.2) is 22.7 Å². The van der Waals surface area contributed by atoms with E-state index in [9.17, 15) is 5.26 Å². The van der Waals surface area contributed by atoms with Gasteiger partial charge < -0.3 is 10.1 Å². The van der Waals surface area contributed by atoms with Crippen LogP contribution in [0.1, 0.15) is 13.8 Å². The Balaban J connectivity index is 2.96. The predicted molar refractivity (Wildman–Crippen MR) is 73.3 cm³/mol. The van der Waals surface area contributed by atoms with Gasteiger partial charge in [-0.2, -0.15) is 5.26 Å². The zero-order chi connectivity index (χ0) is 13.1. The molecule has 0 aliphatic heterocycles. The molecule has 0 saturated carbocycles. The number of hydrogen-bond acceptors (Lipinski definition) is 3. The first-order chi connectivity index (χ1) is 7.92. The molecule has 1 N–H and O–H groups in total. The fraction of sp³-hybridized carbons (Fsp3) is 0.417. The van der Waals surface area contributed by atoms with E-state index in [-0.39, 0.29) is 6.10 Å². The first kappa shape index (κ1) is 14.3. The molecule has 1 rings (SSSR count). The SMILES string of the molecule is COC(C)C(C)(C#N)Nc1ccc(Cl)c(Br)c1. The monoisotopic (exact) mass is 316 g/mol. The lowest BCUT2D eigenvalue weighted by molar-refractivity contribution is 0.0853. The molecule has 2 unspecified atom stereocenters. The van der Waals surface area contributed by atoms with Crippen LogP contribution in [0.3, 0.4) is 0 Å². The third kappa shape index (κ3) is 3.35. The largest absolute Gasteiger partial charge is 0.378 e. The number of hydrogen-bond donors (Lipinski definition) is 1. The van der Waals surface area contributed by atoms with E-state index in [2.05, 4.69) is 27.3 Å². The van der Waals surface area contributed by atoms with E-state index in [1.165, 1.54) is 0 Å². The predicted octanol–water partition coefficient (Wildman–Crippen LogP) is 3.83. The van der Waals surface area contributed by atoms with Gasteiger partial charge in [0.25, 0.3) is 0 Å². The summed E-state index contributed by atoms with van der Waals surface area (Å²) in [5, 5.41) is 13.0. The molecule has 3 nitrogen and oxygen atoms in total. The van der Waals surface area contributed by atoms with Crippen molar-refractivity contribution in [2.75, 3.05) is 12.4 Å². The Labute approximate surface area is 115 Å². The van der Waals surface area contributed by atoms with Gasteiger partial charge in [-0.3, -0.25) is 0 Å². The number of ether oxygens (including phenoxy) is 1. The fourth-order valence-corrected chi connectivity index (χ4v) is 1.83. The Morgan fingerprint density at radius 3 is 2.71 bits per heavy atom. The van der Waals surface area contributed by atoms with E-state index in [0.717, 1.165) is 10.2 Å². The minimum absolute atomic E-state index is 0.234. The van der Waals surface area contributed by atoms with Crippen molar-refractivity contribution in [1.29, 1.82) is 5.26 Å². The van der Waals surface area contributed by atoms with Gasteiger partial charge in [0.15, 0.2) is 0 Å². The van der Waals surface area contributed by atoms with Crippen molar-refractivity contribution < 1.29 is 4.74 Å². The Hall–Kier alpha value is -0.760. The third-order valence-corrected chi connectivity index (χ3v) is 3.94. The summed E-state index contributed by atoms with van der Waals surface area (Å²) in [5.41, 5.74) is 0.0244. The Morgan fingerprint density at radius 2 is 2.24 bits per heavy atom. The van der Waals surface area contributed by atoms with Gasteiger partial charge in [-0.05, 0) is 48.0 Å². The van der Waals surface area contributed by atoms with E-state index >= 15 is 0 Å². The van der Waals surface area contributed by atoms with Crippen LogP contribution >= 0.6 is 27.5 Å². The summed E-state index contributed by atoms with van der Waals surface area (Å²) in [7, 11) is 1.58. The van der Waals surface area contributed by atoms with Gasteiger partial charge in [0.1, 0.15) is 5.54 Å². The second-order valence-electron chi connectivity index (χ2n) is 3.95. The van der Waals surface area contributed by atoms with E-state index in [1.54, 1.807) is 20.1 Å². The molecule has 17 heavy (non-hydrogen) atoms. The van der Waals surface area contributed by atoms with Gasteiger partial charge >= 0.3 is 0 Å². The first-order valence-electron chi connectivity index (χ1n) is 5.10. The van der Waals surface area contributed by atoms with Crippen LogP contribution in [0.4, 0.5) is 5.69 Å². The van der Waals surface area contributed by atoms with Gasteiger partial charge in [-0.15, -0.1) is 0 Å². The molecule has 92 valence electrons. The maximum atomic E-state index is 9.24. The minimum atomic E-state index is -0.790. The number of nitriles is 1. The van der Waals surface area contributed by atoms with Gasteiger partial charge in [-0.25, -0.2) is 0 Å². The lowest BCUT2D eigenvalue weighted by atomic mass is 9.97. The number of benzene rings is 1. The molecule has 0 aliphatic rings. The van der Waals surface area contributed by atoms with Gasteiger partial charge in [0, 0.05) is 17.3 Å². The van der Waals surface area contributed by atoms with Crippen LogP contribution in [0.5, 0.6) is 0 Å². The summed E-state index contributed by atoms with van der Waals surface area (Å²) in [4.78, 5) is 0. The molecular formula is C12H14BrClN2O. The van der Waals surface area contributed by atoms with Crippen LogP contribution in [0, 0.1) is 11.3 Å². The van der Waals surface area contributed by atoms with Crippen LogP contribution in [0.2, 0.25) is 5.02 Å². The zero-order valence-corrected chi connectivity index (χ0v) is 12.3. The minimum Gasteiger partial charge on any atom is -0.378 e. The van der Waals surface area contributed by atoms with E-state index < -0.39 is 5.54 Å². The van der Waals surface area contributed by atoms with Crippen molar-refractivity contribution in [3.05, 3.63) is 27.7 Å². The number of anilines is 1. The molecule has 0 bridgehead atoms. The Kier molecular flexibility index (Phi) is 4.81. The fourth-order valence-electron chi connectivity index (χ4n) is 1.33. The van der Waals surface area contributed by atoms with Crippen molar-refractivity contribution in [1.82, 2.24) is 0 Å². The average molecular weight is 318 g/mol. The lowest BCUT2D eigenvalue weighted by Gasteiger charge is -2.29. The maximum Gasteiger partial charge on any atom is 0.148 e. The normalized spacial score (nSPS) is 15.8. The summed E-state index contributed by atoms with van der Waals surface area (Å²) in [6, 6.07) is 7.65. The summed E-state index contributed by atoms with van der Waals surface area (Å²) in [5.74, 6) is 0. The van der Waals surface area contributed by atoms with E-state index in [0.29, 0.717) is 5.02 Å². The molecule has 0 aromatic heterocycles. The zero-order valence-electron chi connectivity index (χ0n) is 9.92. The molecule has 1 aromatic carbocycles. The molecule has 0 fully saturated rings. The number of halogens is 2. The van der Waals surface area contributed by atoms with Crippen LogP contribution in [0.25, 0.3) is 0 Å². The highest BCUT2D eigenvalue weighted by atomic mass is 79.9. The topological polar surface area (TPSA) is 45.0 Å². The quantitative estimate of drug-likeness (QED) is 0.918. The summed E-state index contributed by atoms with van der Waals surface area (Å²) in [6.45, 7) is 3.64. The lowest BCUT2D eigenvalue weighted by Crippen LogP contribution is -2.44. The third-order valence-electron chi connectivity index (χ3n) is 2.72. The Morgan fingerprint density at radius 1 is 1.59 bits per heavy atom. The second-order valence-corrected chi connectivity index (χ2v) is 5.21. The summed E-state index contributed by atoms with van der Waals surface area (Å²) < 4.78 is 6.00. The van der Waals surface area contributed by atoms with Crippen molar-refractivity contribution in [2.24, 2.45) is 0 Å².